The summed E-state index contributed by atoms with van der Waals surface area (Å²) in [5.41, 5.74) is 0.345. The normalized spacial score (nSPS) is 17.5. The Balaban J connectivity index is 2.07. The zero-order chi connectivity index (χ0) is 17.3. The van der Waals surface area contributed by atoms with Crippen LogP contribution in [0.15, 0.2) is 30.3 Å². The van der Waals surface area contributed by atoms with Gasteiger partial charge in [-0.1, -0.05) is 30.3 Å². The van der Waals surface area contributed by atoms with Crippen LogP contribution in [0.3, 0.4) is 0 Å². The van der Waals surface area contributed by atoms with Crippen molar-refractivity contribution in [1.29, 1.82) is 0 Å². The van der Waals surface area contributed by atoms with E-state index in [1.54, 1.807) is 4.90 Å². The molecule has 6 nitrogen and oxygen atoms in total. The number of hydrogen-bond acceptors (Lipinski definition) is 3. The highest BCUT2D eigenvalue weighted by atomic mass is 32.2. The first-order valence-electron chi connectivity index (χ1n) is 7.70. The summed E-state index contributed by atoms with van der Waals surface area (Å²) < 4.78 is 26.9. The van der Waals surface area contributed by atoms with E-state index < -0.39 is 15.6 Å². The Morgan fingerprint density at radius 1 is 1.04 bits per heavy atom. The van der Waals surface area contributed by atoms with E-state index in [-0.39, 0.29) is 5.91 Å². The third-order valence-electron chi connectivity index (χ3n) is 4.34. The molecule has 1 aromatic carbocycles. The van der Waals surface area contributed by atoms with Gasteiger partial charge in [-0.05, 0) is 19.4 Å². The van der Waals surface area contributed by atoms with Gasteiger partial charge in [0, 0.05) is 40.3 Å². The first kappa shape index (κ1) is 17.9. The number of carbonyl (C=O) groups is 1. The molecule has 0 radical (unpaired) electrons. The first-order chi connectivity index (χ1) is 10.7. The van der Waals surface area contributed by atoms with Crippen LogP contribution in [0.1, 0.15) is 19.4 Å². The molecule has 1 aliphatic heterocycles. The lowest BCUT2D eigenvalue weighted by Gasteiger charge is -2.38. The second kappa shape index (κ2) is 6.59. The highest BCUT2D eigenvalue weighted by molar-refractivity contribution is 7.86. The van der Waals surface area contributed by atoms with E-state index in [0.29, 0.717) is 26.2 Å². The lowest BCUT2D eigenvalue weighted by molar-refractivity contribution is -0.137. The van der Waals surface area contributed by atoms with Crippen molar-refractivity contribution in [2.45, 2.75) is 19.3 Å². The summed E-state index contributed by atoms with van der Waals surface area (Å²) in [4.78, 5) is 14.6. The van der Waals surface area contributed by atoms with Crippen molar-refractivity contribution in [3.63, 3.8) is 0 Å². The topological polar surface area (TPSA) is 60.9 Å². The molecule has 0 aromatic heterocycles. The molecular weight excluding hydrogens is 314 g/mol. The summed E-state index contributed by atoms with van der Waals surface area (Å²) >= 11 is 0. The van der Waals surface area contributed by atoms with Crippen LogP contribution in [0, 0.1) is 0 Å². The minimum atomic E-state index is -3.41. The summed E-state index contributed by atoms with van der Waals surface area (Å²) in [6.45, 7) is 5.32. The fourth-order valence-corrected chi connectivity index (χ4v) is 3.81. The minimum absolute atomic E-state index is 0.0330. The number of hydrogen-bond donors (Lipinski definition) is 0. The molecule has 1 amide bonds. The number of nitrogens with zero attached hydrogens (tertiary/aromatic N) is 3. The molecule has 128 valence electrons. The Labute approximate surface area is 138 Å². The summed E-state index contributed by atoms with van der Waals surface area (Å²) in [5, 5.41) is 0. The second-order valence-corrected chi connectivity index (χ2v) is 8.61. The number of benzene rings is 1. The van der Waals surface area contributed by atoms with E-state index in [1.807, 2.05) is 44.2 Å². The van der Waals surface area contributed by atoms with Gasteiger partial charge in [-0.3, -0.25) is 4.79 Å². The van der Waals surface area contributed by atoms with Crippen molar-refractivity contribution in [1.82, 2.24) is 13.5 Å². The Bertz CT molecular complexity index is 648. The molecular formula is C16H25N3O3S. The van der Waals surface area contributed by atoms with Gasteiger partial charge in [0.2, 0.25) is 5.91 Å². The van der Waals surface area contributed by atoms with E-state index in [2.05, 4.69) is 0 Å². The quantitative estimate of drug-likeness (QED) is 0.819. The van der Waals surface area contributed by atoms with Gasteiger partial charge in [0.05, 0.1) is 5.41 Å². The second-order valence-electron chi connectivity index (χ2n) is 6.47. The van der Waals surface area contributed by atoms with E-state index in [0.717, 1.165) is 5.56 Å². The van der Waals surface area contributed by atoms with Gasteiger partial charge >= 0.3 is 0 Å². The monoisotopic (exact) mass is 339 g/mol. The Morgan fingerprint density at radius 3 is 2.04 bits per heavy atom. The van der Waals surface area contributed by atoms with Crippen LogP contribution in [0.25, 0.3) is 0 Å². The SMILES string of the molecule is CN(C)S(=O)(=O)N1CCN(C(=O)C(C)(C)c2ccccc2)CC1. The number of carbonyl (C=O) groups excluding carboxylic acids is 1. The van der Waals surface area contributed by atoms with E-state index >= 15 is 0 Å². The van der Waals surface area contributed by atoms with Gasteiger partial charge in [-0.25, -0.2) is 0 Å². The molecule has 1 saturated heterocycles. The van der Waals surface area contributed by atoms with Crippen molar-refractivity contribution >= 4 is 16.1 Å². The van der Waals surface area contributed by atoms with E-state index in [1.165, 1.54) is 22.7 Å². The van der Waals surface area contributed by atoms with Crippen LogP contribution in [-0.2, 0) is 20.4 Å². The highest BCUT2D eigenvalue weighted by Crippen LogP contribution is 2.26. The van der Waals surface area contributed by atoms with Crippen LogP contribution < -0.4 is 0 Å². The number of rotatable bonds is 4. The molecule has 23 heavy (non-hydrogen) atoms. The lowest BCUT2D eigenvalue weighted by Crippen LogP contribution is -2.55. The van der Waals surface area contributed by atoms with Crippen LogP contribution >= 0.6 is 0 Å². The van der Waals surface area contributed by atoms with Crippen molar-refractivity contribution in [3.8, 4) is 0 Å². The predicted octanol–water partition coefficient (Wildman–Crippen LogP) is 0.915. The zero-order valence-electron chi connectivity index (χ0n) is 14.2. The Kier molecular flexibility index (Phi) is 5.13. The molecule has 0 saturated carbocycles. The van der Waals surface area contributed by atoms with Crippen molar-refractivity contribution in [2.24, 2.45) is 0 Å². The molecule has 1 aliphatic rings. The van der Waals surface area contributed by atoms with Crippen molar-refractivity contribution in [2.75, 3.05) is 40.3 Å². The van der Waals surface area contributed by atoms with Crippen LogP contribution in [0.5, 0.6) is 0 Å². The molecule has 0 aliphatic carbocycles. The largest absolute Gasteiger partial charge is 0.339 e. The highest BCUT2D eigenvalue weighted by Gasteiger charge is 2.37. The maximum absolute atomic E-state index is 12.9. The Morgan fingerprint density at radius 2 is 1.57 bits per heavy atom. The van der Waals surface area contributed by atoms with Crippen molar-refractivity contribution < 1.29 is 13.2 Å². The third kappa shape index (κ3) is 3.57. The maximum Gasteiger partial charge on any atom is 0.281 e. The third-order valence-corrected chi connectivity index (χ3v) is 6.28. The maximum atomic E-state index is 12.9. The first-order valence-corrected chi connectivity index (χ1v) is 9.09. The van der Waals surface area contributed by atoms with Crippen LogP contribution in [0.4, 0.5) is 0 Å². The molecule has 1 heterocycles. The predicted molar refractivity (Wildman–Crippen MR) is 90.2 cm³/mol. The molecule has 7 heteroatoms. The van der Waals surface area contributed by atoms with Crippen LogP contribution in [0.2, 0.25) is 0 Å². The number of amides is 1. The standard InChI is InChI=1S/C16H25N3O3S/c1-16(2,14-8-6-5-7-9-14)15(20)18-10-12-19(13-11-18)23(21,22)17(3)4/h5-9H,10-13H2,1-4H3. The van der Waals surface area contributed by atoms with Gasteiger partial charge < -0.3 is 4.90 Å². The molecule has 0 atom stereocenters. The van der Waals surface area contributed by atoms with Crippen LogP contribution in [-0.4, -0.2) is 68.1 Å². The van der Waals surface area contributed by atoms with E-state index in [9.17, 15) is 13.2 Å². The zero-order valence-corrected chi connectivity index (χ0v) is 15.0. The summed E-state index contributed by atoms with van der Waals surface area (Å²) in [5.74, 6) is 0.0330. The fraction of sp³-hybridized carbons (Fsp3) is 0.562. The van der Waals surface area contributed by atoms with Crippen molar-refractivity contribution in [3.05, 3.63) is 35.9 Å². The molecule has 0 unspecified atom stereocenters. The fourth-order valence-electron chi connectivity index (χ4n) is 2.73. The summed E-state index contributed by atoms with van der Waals surface area (Å²) in [6.07, 6.45) is 0. The summed E-state index contributed by atoms with van der Waals surface area (Å²) in [6, 6.07) is 9.67. The lowest BCUT2D eigenvalue weighted by atomic mass is 9.83. The van der Waals surface area contributed by atoms with Gasteiger partial charge in [-0.15, -0.1) is 0 Å². The molecule has 0 N–H and O–H groups in total. The molecule has 0 spiro atoms. The Hall–Kier alpha value is -1.44. The molecule has 1 aromatic rings. The average molecular weight is 339 g/mol. The van der Waals surface area contributed by atoms with Gasteiger partial charge in [0.25, 0.3) is 10.2 Å². The molecule has 1 fully saturated rings. The van der Waals surface area contributed by atoms with Gasteiger partial charge in [0.15, 0.2) is 0 Å². The molecule has 2 rings (SSSR count). The summed E-state index contributed by atoms with van der Waals surface area (Å²) in [7, 11) is -0.370. The van der Waals surface area contributed by atoms with Gasteiger partial charge in [0.1, 0.15) is 0 Å². The van der Waals surface area contributed by atoms with E-state index in [4.69, 9.17) is 0 Å². The molecule has 0 bridgehead atoms. The van der Waals surface area contributed by atoms with Gasteiger partial charge in [-0.2, -0.15) is 17.0 Å². The number of piperazine rings is 1. The average Bonchev–Trinajstić information content (AvgIpc) is 2.55. The minimum Gasteiger partial charge on any atom is -0.339 e. The smallest absolute Gasteiger partial charge is 0.281 e.